The molecule has 0 spiro atoms. The molecule has 0 saturated carbocycles. The van der Waals surface area contributed by atoms with E-state index < -0.39 is 5.97 Å². The first-order valence-electron chi connectivity index (χ1n) is 7.79. The molecule has 0 aromatic heterocycles. The molecule has 0 unspecified atom stereocenters. The van der Waals surface area contributed by atoms with Crippen molar-refractivity contribution in [3.8, 4) is 5.75 Å². The first kappa shape index (κ1) is 20.4. The van der Waals surface area contributed by atoms with Crippen LogP contribution in [-0.4, -0.2) is 45.4 Å². The van der Waals surface area contributed by atoms with Gasteiger partial charge >= 0.3 is 5.97 Å². The Kier molecular flexibility index (Phi) is 9.41. The Bertz CT molecular complexity index is 548. The Morgan fingerprint density at radius 3 is 2.62 bits per heavy atom. The number of rotatable bonds is 10. The lowest BCUT2D eigenvalue weighted by molar-refractivity contribution is -0.123. The van der Waals surface area contributed by atoms with Crippen LogP contribution in [0.5, 0.6) is 5.75 Å². The van der Waals surface area contributed by atoms with E-state index in [-0.39, 0.29) is 12.5 Å². The van der Waals surface area contributed by atoms with Crippen molar-refractivity contribution in [2.45, 2.75) is 20.3 Å². The van der Waals surface area contributed by atoms with E-state index >= 15 is 0 Å². The Hall–Kier alpha value is -1.60. The van der Waals surface area contributed by atoms with Gasteiger partial charge in [-0.2, -0.15) is 0 Å². The van der Waals surface area contributed by atoms with Gasteiger partial charge in [0.15, 0.2) is 6.61 Å². The van der Waals surface area contributed by atoms with Gasteiger partial charge in [0.05, 0.1) is 23.8 Å². The highest BCUT2D eigenvalue weighted by molar-refractivity contribution is 9.10. The third-order valence-corrected chi connectivity index (χ3v) is 3.74. The number of hydrogen-bond acceptors (Lipinski definition) is 5. The zero-order valence-corrected chi connectivity index (χ0v) is 15.9. The molecule has 0 heterocycles. The maximum absolute atomic E-state index is 11.7. The van der Waals surface area contributed by atoms with Gasteiger partial charge in [-0.25, -0.2) is 4.79 Å². The van der Waals surface area contributed by atoms with E-state index in [0.29, 0.717) is 41.5 Å². The lowest BCUT2D eigenvalue weighted by atomic mass is 10.1. The monoisotopic (exact) mass is 401 g/mol. The number of esters is 1. The van der Waals surface area contributed by atoms with Gasteiger partial charge in [0.25, 0.3) is 5.91 Å². The molecule has 1 aromatic carbocycles. The molecule has 1 N–H and O–H groups in total. The second-order valence-corrected chi connectivity index (χ2v) is 6.42. The molecule has 0 aliphatic rings. The second-order valence-electron chi connectivity index (χ2n) is 5.57. The van der Waals surface area contributed by atoms with Gasteiger partial charge in [-0.05, 0) is 46.5 Å². The van der Waals surface area contributed by atoms with Crippen LogP contribution in [0.3, 0.4) is 0 Å². The molecular formula is C17H24BrNO5. The van der Waals surface area contributed by atoms with Gasteiger partial charge in [0, 0.05) is 13.2 Å². The summed E-state index contributed by atoms with van der Waals surface area (Å²) in [5.41, 5.74) is 0.403. The van der Waals surface area contributed by atoms with Crippen molar-refractivity contribution >= 4 is 27.8 Å². The smallest absolute Gasteiger partial charge is 0.337 e. The Labute approximate surface area is 151 Å². The molecule has 0 aliphatic heterocycles. The van der Waals surface area contributed by atoms with Crippen LogP contribution in [0, 0.1) is 5.92 Å². The molecule has 0 aliphatic carbocycles. The van der Waals surface area contributed by atoms with E-state index in [9.17, 15) is 9.59 Å². The summed E-state index contributed by atoms with van der Waals surface area (Å²) in [6, 6.07) is 4.77. The lowest BCUT2D eigenvalue weighted by Crippen LogP contribution is -2.31. The van der Waals surface area contributed by atoms with Gasteiger partial charge in [-0.15, -0.1) is 0 Å². The highest BCUT2D eigenvalue weighted by Gasteiger charge is 2.10. The van der Waals surface area contributed by atoms with Crippen LogP contribution in [0.2, 0.25) is 0 Å². The van der Waals surface area contributed by atoms with Crippen LogP contribution in [0.4, 0.5) is 0 Å². The number of nitrogens with one attached hydrogen (secondary N) is 1. The first-order valence-corrected chi connectivity index (χ1v) is 8.58. The van der Waals surface area contributed by atoms with Crippen LogP contribution in [-0.2, 0) is 14.3 Å². The highest BCUT2D eigenvalue weighted by atomic mass is 79.9. The number of benzene rings is 1. The molecule has 7 heteroatoms. The third kappa shape index (κ3) is 7.79. The van der Waals surface area contributed by atoms with Crippen molar-refractivity contribution in [3.05, 3.63) is 28.2 Å². The normalized spacial score (nSPS) is 10.5. The fourth-order valence-electron chi connectivity index (χ4n) is 1.74. The number of methoxy groups -OCH3 is 1. The second kappa shape index (κ2) is 11.0. The number of amides is 1. The molecule has 0 radical (unpaired) electrons. The maximum atomic E-state index is 11.7. The van der Waals surface area contributed by atoms with E-state index in [4.69, 9.17) is 9.47 Å². The zero-order valence-electron chi connectivity index (χ0n) is 14.3. The fourth-order valence-corrected chi connectivity index (χ4v) is 2.23. The number of ether oxygens (including phenoxy) is 3. The lowest BCUT2D eigenvalue weighted by Gasteiger charge is -2.10. The average Bonchev–Trinajstić information content (AvgIpc) is 2.55. The highest BCUT2D eigenvalue weighted by Crippen LogP contribution is 2.26. The number of halogens is 1. The molecule has 0 bridgehead atoms. The summed E-state index contributed by atoms with van der Waals surface area (Å²) in [6.07, 6.45) is 1.01. The SMILES string of the molecule is COC(=O)c1ccc(OCC(=O)NCCOCCC(C)C)c(Br)c1. The number of hydrogen-bond donors (Lipinski definition) is 1. The van der Waals surface area contributed by atoms with Crippen LogP contribution in [0.1, 0.15) is 30.6 Å². The summed E-state index contributed by atoms with van der Waals surface area (Å²) in [6.45, 7) is 5.79. The fraction of sp³-hybridized carbons (Fsp3) is 0.529. The quantitative estimate of drug-likeness (QED) is 0.481. The maximum Gasteiger partial charge on any atom is 0.337 e. The topological polar surface area (TPSA) is 73.9 Å². The van der Waals surface area contributed by atoms with Crippen molar-refractivity contribution in [2.24, 2.45) is 5.92 Å². The van der Waals surface area contributed by atoms with Crippen LogP contribution < -0.4 is 10.1 Å². The van der Waals surface area contributed by atoms with E-state index in [1.54, 1.807) is 18.2 Å². The first-order chi connectivity index (χ1) is 11.4. The molecule has 1 amide bonds. The molecular weight excluding hydrogens is 378 g/mol. The molecule has 1 aromatic rings. The third-order valence-electron chi connectivity index (χ3n) is 3.12. The molecule has 134 valence electrons. The average molecular weight is 402 g/mol. The summed E-state index contributed by atoms with van der Waals surface area (Å²) in [5.74, 6) is 0.423. The molecule has 0 saturated heterocycles. The van der Waals surface area contributed by atoms with Crippen LogP contribution >= 0.6 is 15.9 Å². The van der Waals surface area contributed by atoms with Gasteiger partial charge in [-0.1, -0.05) is 13.8 Å². The summed E-state index contributed by atoms with van der Waals surface area (Å²) in [5, 5.41) is 2.72. The summed E-state index contributed by atoms with van der Waals surface area (Å²) in [4.78, 5) is 23.1. The molecule has 0 fully saturated rings. The van der Waals surface area contributed by atoms with E-state index in [1.165, 1.54) is 7.11 Å². The van der Waals surface area contributed by atoms with Gasteiger partial charge in [0.2, 0.25) is 0 Å². The summed E-state index contributed by atoms with van der Waals surface area (Å²) < 4.78 is 16.1. The minimum absolute atomic E-state index is 0.109. The van der Waals surface area contributed by atoms with Gasteiger partial charge in [0.1, 0.15) is 5.75 Å². The van der Waals surface area contributed by atoms with Crippen molar-refractivity contribution in [1.82, 2.24) is 5.32 Å². The predicted octanol–water partition coefficient (Wildman–Crippen LogP) is 2.79. The Morgan fingerprint density at radius 1 is 1.25 bits per heavy atom. The minimum Gasteiger partial charge on any atom is -0.483 e. The van der Waals surface area contributed by atoms with E-state index in [2.05, 4.69) is 39.8 Å². The van der Waals surface area contributed by atoms with Crippen molar-refractivity contribution in [2.75, 3.05) is 33.5 Å². The molecule has 0 atom stereocenters. The largest absolute Gasteiger partial charge is 0.483 e. The van der Waals surface area contributed by atoms with Crippen molar-refractivity contribution in [1.29, 1.82) is 0 Å². The Balaban J connectivity index is 2.28. The van der Waals surface area contributed by atoms with Crippen molar-refractivity contribution in [3.63, 3.8) is 0 Å². The zero-order chi connectivity index (χ0) is 17.9. The van der Waals surface area contributed by atoms with Crippen LogP contribution in [0.25, 0.3) is 0 Å². The molecule has 1 rings (SSSR count). The minimum atomic E-state index is -0.433. The Morgan fingerprint density at radius 2 is 2.00 bits per heavy atom. The number of carbonyl (C=O) groups excluding carboxylic acids is 2. The molecule has 24 heavy (non-hydrogen) atoms. The predicted molar refractivity (Wildman–Crippen MR) is 94.3 cm³/mol. The van der Waals surface area contributed by atoms with E-state index in [0.717, 1.165) is 6.42 Å². The standard InChI is InChI=1S/C17H24BrNO5/c1-12(2)6-8-23-9-7-19-16(20)11-24-15-5-4-13(10-14(15)18)17(21)22-3/h4-5,10,12H,6-9,11H2,1-3H3,(H,19,20). The summed E-state index contributed by atoms with van der Waals surface area (Å²) >= 11 is 3.30. The van der Waals surface area contributed by atoms with Gasteiger partial charge in [-0.3, -0.25) is 4.79 Å². The van der Waals surface area contributed by atoms with Crippen LogP contribution in [0.15, 0.2) is 22.7 Å². The summed E-state index contributed by atoms with van der Waals surface area (Å²) in [7, 11) is 1.32. The number of carbonyl (C=O) groups is 2. The van der Waals surface area contributed by atoms with E-state index in [1.807, 2.05) is 0 Å². The van der Waals surface area contributed by atoms with Gasteiger partial charge < -0.3 is 19.5 Å². The van der Waals surface area contributed by atoms with Crippen molar-refractivity contribution < 1.29 is 23.8 Å². The molecule has 6 nitrogen and oxygen atoms in total.